The van der Waals surface area contributed by atoms with E-state index in [2.05, 4.69) is 4.18 Å². The van der Waals surface area contributed by atoms with Crippen LogP contribution in [0.3, 0.4) is 0 Å². The fourth-order valence-corrected chi connectivity index (χ4v) is 4.34. The smallest absolute Gasteiger partial charge is 0.381 e. The summed E-state index contributed by atoms with van der Waals surface area (Å²) in [6, 6.07) is 0. The van der Waals surface area contributed by atoms with Crippen LogP contribution in [0.1, 0.15) is 33.1 Å². The summed E-state index contributed by atoms with van der Waals surface area (Å²) in [6.07, 6.45) is 2.55. The van der Waals surface area contributed by atoms with E-state index in [0.717, 1.165) is 0 Å². The Kier molecular flexibility index (Phi) is 3.20. The molecule has 0 aromatic heterocycles. The molecule has 2 unspecified atom stereocenters. The number of allylic oxidation sites excluding steroid dienone is 2. The van der Waals surface area contributed by atoms with Gasteiger partial charge in [-0.2, -0.15) is 21.6 Å². The first-order chi connectivity index (χ1) is 9.91. The molecule has 0 radical (unpaired) electrons. The van der Waals surface area contributed by atoms with Gasteiger partial charge in [0.25, 0.3) is 0 Å². The third-order valence-electron chi connectivity index (χ3n) is 5.03. The zero-order chi connectivity index (χ0) is 16.4. The molecule has 2 aliphatic carbocycles. The van der Waals surface area contributed by atoms with Crippen molar-refractivity contribution in [1.82, 2.24) is 0 Å². The number of halogens is 3. The molecule has 1 saturated heterocycles. The number of rotatable bonds is 2. The van der Waals surface area contributed by atoms with Gasteiger partial charge in [0.1, 0.15) is 5.76 Å². The van der Waals surface area contributed by atoms with Crippen LogP contribution >= 0.6 is 0 Å². The van der Waals surface area contributed by atoms with Crippen molar-refractivity contribution in [2.24, 2.45) is 10.8 Å². The maximum Gasteiger partial charge on any atom is 0.534 e. The second kappa shape index (κ2) is 4.39. The molecule has 3 rings (SSSR count). The molecule has 1 spiro atoms. The standard InChI is InChI=1S/C13H17F3O5S/c1-10-5-9(21-22(17,18)13(14,15)16)6-11(10,2)8-12(7-10)19-3-4-20-12/h5H,3-4,6-8H2,1-2H3. The summed E-state index contributed by atoms with van der Waals surface area (Å²) in [5.74, 6) is -0.871. The van der Waals surface area contributed by atoms with Crippen LogP contribution in [0.4, 0.5) is 13.2 Å². The Morgan fingerprint density at radius 1 is 1.18 bits per heavy atom. The van der Waals surface area contributed by atoms with E-state index in [-0.39, 0.29) is 12.2 Å². The third-order valence-corrected chi connectivity index (χ3v) is 6.03. The SMILES string of the molecule is CC12C=C(OS(=O)(=O)C(F)(F)F)CC1(C)CC1(C2)OCCO1. The van der Waals surface area contributed by atoms with Crippen molar-refractivity contribution in [3.63, 3.8) is 0 Å². The van der Waals surface area contributed by atoms with E-state index in [0.29, 0.717) is 26.1 Å². The van der Waals surface area contributed by atoms with Crippen LogP contribution in [0.25, 0.3) is 0 Å². The molecule has 3 aliphatic rings. The molecular weight excluding hydrogens is 325 g/mol. The maximum absolute atomic E-state index is 12.4. The largest absolute Gasteiger partial charge is 0.534 e. The third kappa shape index (κ3) is 2.25. The van der Waals surface area contributed by atoms with E-state index in [1.54, 1.807) is 0 Å². The van der Waals surface area contributed by atoms with Crippen molar-refractivity contribution in [2.45, 2.75) is 44.4 Å². The summed E-state index contributed by atoms with van der Waals surface area (Å²) in [4.78, 5) is 0. The first kappa shape index (κ1) is 16.1. The van der Waals surface area contributed by atoms with E-state index in [1.165, 1.54) is 6.08 Å². The van der Waals surface area contributed by atoms with Crippen molar-refractivity contribution in [3.8, 4) is 0 Å². The summed E-state index contributed by atoms with van der Waals surface area (Å²) < 4.78 is 75.2. The lowest BCUT2D eigenvalue weighted by molar-refractivity contribution is -0.158. The van der Waals surface area contributed by atoms with Crippen LogP contribution in [-0.4, -0.2) is 32.9 Å². The van der Waals surface area contributed by atoms with Crippen LogP contribution in [-0.2, 0) is 23.8 Å². The van der Waals surface area contributed by atoms with E-state index >= 15 is 0 Å². The Bertz CT molecular complexity index is 620. The fourth-order valence-electron chi connectivity index (χ4n) is 3.86. The number of hydrogen-bond donors (Lipinski definition) is 0. The summed E-state index contributed by atoms with van der Waals surface area (Å²) in [7, 11) is -5.62. The quantitative estimate of drug-likeness (QED) is 0.570. The van der Waals surface area contributed by atoms with Crippen LogP contribution in [0.2, 0.25) is 0 Å². The fraction of sp³-hybridized carbons (Fsp3) is 0.846. The van der Waals surface area contributed by atoms with Gasteiger partial charge in [0.15, 0.2) is 5.79 Å². The zero-order valence-electron chi connectivity index (χ0n) is 12.2. The van der Waals surface area contributed by atoms with Crippen molar-refractivity contribution in [2.75, 3.05) is 13.2 Å². The van der Waals surface area contributed by atoms with Gasteiger partial charge in [-0.3, -0.25) is 0 Å². The predicted molar refractivity (Wildman–Crippen MR) is 68.8 cm³/mol. The maximum atomic E-state index is 12.4. The Morgan fingerprint density at radius 2 is 1.77 bits per heavy atom. The van der Waals surface area contributed by atoms with Crippen molar-refractivity contribution < 1.29 is 35.2 Å². The molecular formula is C13H17F3O5S. The zero-order valence-corrected chi connectivity index (χ0v) is 13.0. The monoisotopic (exact) mass is 342 g/mol. The summed E-state index contributed by atoms with van der Waals surface area (Å²) in [6.45, 7) is 4.73. The van der Waals surface area contributed by atoms with Crippen LogP contribution in [0.15, 0.2) is 11.8 Å². The van der Waals surface area contributed by atoms with Crippen molar-refractivity contribution >= 4 is 10.1 Å². The van der Waals surface area contributed by atoms with Gasteiger partial charge < -0.3 is 13.7 Å². The minimum absolute atomic E-state index is 0.104. The van der Waals surface area contributed by atoms with Crippen LogP contribution in [0, 0.1) is 10.8 Å². The molecule has 1 saturated carbocycles. The Hall–Kier alpha value is -0.800. The average molecular weight is 342 g/mol. The lowest BCUT2D eigenvalue weighted by Crippen LogP contribution is -2.29. The van der Waals surface area contributed by atoms with Gasteiger partial charge in [0.2, 0.25) is 0 Å². The molecule has 0 aromatic carbocycles. The van der Waals surface area contributed by atoms with Crippen molar-refractivity contribution in [3.05, 3.63) is 11.8 Å². The number of ether oxygens (including phenoxy) is 2. The highest BCUT2D eigenvalue weighted by Crippen LogP contribution is 2.66. The normalized spacial score (nSPS) is 37.4. The number of fused-ring (bicyclic) bond motifs is 1. The van der Waals surface area contributed by atoms with Gasteiger partial charge in [-0.25, -0.2) is 0 Å². The highest BCUT2D eigenvalue weighted by molar-refractivity contribution is 7.87. The van der Waals surface area contributed by atoms with Crippen LogP contribution in [0.5, 0.6) is 0 Å². The molecule has 5 nitrogen and oxygen atoms in total. The van der Waals surface area contributed by atoms with Crippen LogP contribution < -0.4 is 0 Å². The second-order valence-corrected chi connectivity index (χ2v) is 8.25. The molecule has 0 aromatic rings. The summed E-state index contributed by atoms with van der Waals surface area (Å²) in [5.41, 5.74) is -6.42. The molecule has 22 heavy (non-hydrogen) atoms. The lowest BCUT2D eigenvalue weighted by atomic mass is 9.71. The van der Waals surface area contributed by atoms with Gasteiger partial charge in [-0.1, -0.05) is 13.8 Å². The first-order valence-corrected chi connectivity index (χ1v) is 8.32. The highest BCUT2D eigenvalue weighted by Gasteiger charge is 2.64. The molecule has 0 N–H and O–H groups in total. The average Bonchev–Trinajstić information content (AvgIpc) is 2.86. The molecule has 126 valence electrons. The van der Waals surface area contributed by atoms with Crippen molar-refractivity contribution in [1.29, 1.82) is 0 Å². The van der Waals surface area contributed by atoms with E-state index in [1.807, 2.05) is 13.8 Å². The van der Waals surface area contributed by atoms with Gasteiger partial charge in [0.05, 0.1) is 13.2 Å². The Morgan fingerprint density at radius 3 is 2.27 bits per heavy atom. The molecule has 1 aliphatic heterocycles. The molecule has 1 heterocycles. The van der Waals surface area contributed by atoms with Gasteiger partial charge in [0, 0.05) is 24.7 Å². The Labute approximate surface area is 126 Å². The molecule has 2 atom stereocenters. The second-order valence-electron chi connectivity index (χ2n) is 6.71. The topological polar surface area (TPSA) is 61.8 Å². The summed E-state index contributed by atoms with van der Waals surface area (Å²) in [5, 5.41) is 0. The van der Waals surface area contributed by atoms with Gasteiger partial charge in [-0.05, 0) is 11.5 Å². The highest BCUT2D eigenvalue weighted by atomic mass is 32.2. The molecule has 9 heteroatoms. The minimum atomic E-state index is -5.62. The summed E-state index contributed by atoms with van der Waals surface area (Å²) >= 11 is 0. The van der Waals surface area contributed by atoms with E-state index < -0.39 is 32.2 Å². The lowest BCUT2D eigenvalue weighted by Gasteiger charge is -2.32. The van der Waals surface area contributed by atoms with Gasteiger partial charge >= 0.3 is 15.6 Å². The number of hydrogen-bond acceptors (Lipinski definition) is 5. The number of alkyl halides is 3. The molecule has 0 amide bonds. The first-order valence-electron chi connectivity index (χ1n) is 6.91. The predicted octanol–water partition coefficient (Wildman–Crippen LogP) is 2.69. The molecule has 2 fully saturated rings. The molecule has 0 bridgehead atoms. The van der Waals surface area contributed by atoms with Gasteiger partial charge in [-0.15, -0.1) is 0 Å². The Balaban J connectivity index is 1.84. The minimum Gasteiger partial charge on any atom is -0.381 e. The van der Waals surface area contributed by atoms with E-state index in [9.17, 15) is 21.6 Å². The van der Waals surface area contributed by atoms with E-state index in [4.69, 9.17) is 9.47 Å².